The molecule has 0 aliphatic heterocycles. The highest BCUT2D eigenvalue weighted by Crippen LogP contribution is 2.37. The maximum atomic E-state index is 12.6. The topological polar surface area (TPSA) is 115 Å². The van der Waals surface area contributed by atoms with Crippen molar-refractivity contribution in [1.82, 2.24) is 9.97 Å². The van der Waals surface area contributed by atoms with E-state index in [1.807, 2.05) is 0 Å². The third-order valence-electron chi connectivity index (χ3n) is 3.94. The predicted molar refractivity (Wildman–Crippen MR) is 95.1 cm³/mol. The molecule has 0 aliphatic carbocycles. The number of hydrogen-bond donors (Lipinski definition) is 1. The van der Waals surface area contributed by atoms with E-state index in [4.69, 9.17) is 4.74 Å². The number of fused-ring (bicyclic) bond motifs is 1. The van der Waals surface area contributed by atoms with E-state index in [-0.39, 0.29) is 34.4 Å². The molecule has 0 fully saturated rings. The first-order valence-electron chi connectivity index (χ1n) is 7.88. The standard InChI is InChI=1S/C18H15N3O5/c1-3-26-18(23)14-10(2)20-12-8-9-19-17(22)16(12)15(14)11-6-4-5-7-13(11)21(24)25/h4-9H,3H2,1-2H3,(H,19,22). The van der Waals surface area contributed by atoms with Crippen LogP contribution in [-0.4, -0.2) is 27.5 Å². The van der Waals surface area contributed by atoms with Crippen LogP contribution in [0.2, 0.25) is 0 Å². The lowest BCUT2D eigenvalue weighted by Gasteiger charge is -2.14. The highest BCUT2D eigenvalue weighted by atomic mass is 16.6. The van der Waals surface area contributed by atoms with E-state index in [1.165, 1.54) is 24.4 Å². The molecule has 132 valence electrons. The summed E-state index contributed by atoms with van der Waals surface area (Å²) in [6.07, 6.45) is 1.43. The first-order valence-corrected chi connectivity index (χ1v) is 7.88. The minimum Gasteiger partial charge on any atom is -0.462 e. The van der Waals surface area contributed by atoms with Gasteiger partial charge in [0.1, 0.15) is 0 Å². The molecule has 0 saturated carbocycles. The van der Waals surface area contributed by atoms with Gasteiger partial charge in [-0.3, -0.25) is 19.9 Å². The zero-order chi connectivity index (χ0) is 18.8. The monoisotopic (exact) mass is 353 g/mol. The number of nitrogens with zero attached hydrogens (tertiary/aromatic N) is 2. The first-order chi connectivity index (χ1) is 12.5. The molecule has 8 heteroatoms. The van der Waals surface area contributed by atoms with Gasteiger partial charge in [0.2, 0.25) is 0 Å². The number of nitro groups is 1. The Balaban J connectivity index is 2.54. The molecule has 0 unspecified atom stereocenters. The molecule has 0 bridgehead atoms. The minimum absolute atomic E-state index is 0.0466. The van der Waals surface area contributed by atoms with Crippen LogP contribution >= 0.6 is 0 Å². The van der Waals surface area contributed by atoms with Crippen LogP contribution in [0, 0.1) is 17.0 Å². The third-order valence-corrected chi connectivity index (χ3v) is 3.94. The largest absolute Gasteiger partial charge is 0.462 e. The second-order valence-corrected chi connectivity index (χ2v) is 5.51. The van der Waals surface area contributed by atoms with E-state index in [0.29, 0.717) is 11.2 Å². The SMILES string of the molecule is CCOC(=O)c1c(C)nc2cc[nH]c(=O)c2c1-c1ccccc1[N+](=O)[O-]. The highest BCUT2D eigenvalue weighted by molar-refractivity contribution is 6.08. The molecule has 2 heterocycles. The number of H-pyrrole nitrogens is 1. The van der Waals surface area contributed by atoms with E-state index in [9.17, 15) is 19.7 Å². The number of nitro benzene ring substituents is 1. The predicted octanol–water partition coefficient (Wildman–Crippen LogP) is 2.98. The summed E-state index contributed by atoms with van der Waals surface area (Å²) in [5.74, 6) is -0.684. The quantitative estimate of drug-likeness (QED) is 0.438. The Hall–Kier alpha value is -3.55. The summed E-state index contributed by atoms with van der Waals surface area (Å²) in [6.45, 7) is 3.38. The number of benzene rings is 1. The molecule has 0 atom stereocenters. The van der Waals surface area contributed by atoms with Crippen molar-refractivity contribution < 1.29 is 14.5 Å². The molecule has 8 nitrogen and oxygen atoms in total. The van der Waals surface area contributed by atoms with Gasteiger partial charge in [0, 0.05) is 17.8 Å². The number of ether oxygens (including phenoxy) is 1. The number of aryl methyl sites for hydroxylation is 1. The fourth-order valence-corrected chi connectivity index (χ4v) is 2.91. The molecule has 3 aromatic rings. The Morgan fingerprint density at radius 3 is 2.73 bits per heavy atom. The normalized spacial score (nSPS) is 10.7. The van der Waals surface area contributed by atoms with Crippen LogP contribution in [0.5, 0.6) is 0 Å². The van der Waals surface area contributed by atoms with Gasteiger partial charge in [0.25, 0.3) is 11.2 Å². The number of aromatic amines is 1. The molecule has 0 spiro atoms. The van der Waals surface area contributed by atoms with Crippen LogP contribution in [0.3, 0.4) is 0 Å². The van der Waals surface area contributed by atoms with Crippen LogP contribution in [0.15, 0.2) is 41.3 Å². The number of esters is 1. The van der Waals surface area contributed by atoms with Crippen molar-refractivity contribution in [2.45, 2.75) is 13.8 Å². The van der Waals surface area contributed by atoms with E-state index in [1.54, 1.807) is 26.0 Å². The molecule has 0 radical (unpaired) electrons. The van der Waals surface area contributed by atoms with Gasteiger partial charge in [-0.2, -0.15) is 0 Å². The van der Waals surface area contributed by atoms with Gasteiger partial charge < -0.3 is 9.72 Å². The summed E-state index contributed by atoms with van der Waals surface area (Å²) in [6, 6.07) is 7.53. The Labute approximate surface area is 147 Å². The Bertz CT molecular complexity index is 1090. The molecular formula is C18H15N3O5. The van der Waals surface area contributed by atoms with Gasteiger partial charge in [-0.05, 0) is 26.0 Å². The van der Waals surface area contributed by atoms with Gasteiger partial charge >= 0.3 is 5.97 Å². The number of hydrogen-bond acceptors (Lipinski definition) is 6. The molecule has 1 aromatic carbocycles. The minimum atomic E-state index is -0.684. The molecule has 0 saturated heterocycles. The fraction of sp³-hybridized carbons (Fsp3) is 0.167. The Morgan fingerprint density at radius 2 is 2.04 bits per heavy atom. The number of para-hydroxylation sites is 1. The number of rotatable bonds is 4. The average Bonchev–Trinajstić information content (AvgIpc) is 2.60. The van der Waals surface area contributed by atoms with Crippen molar-refractivity contribution in [3.8, 4) is 11.1 Å². The van der Waals surface area contributed by atoms with Crippen molar-refractivity contribution in [2.75, 3.05) is 6.61 Å². The number of nitrogens with one attached hydrogen (secondary N) is 1. The first kappa shape index (κ1) is 17.3. The maximum Gasteiger partial charge on any atom is 0.340 e. The van der Waals surface area contributed by atoms with Crippen LogP contribution in [0.4, 0.5) is 5.69 Å². The van der Waals surface area contributed by atoms with E-state index < -0.39 is 16.5 Å². The second-order valence-electron chi connectivity index (χ2n) is 5.51. The van der Waals surface area contributed by atoms with Crippen molar-refractivity contribution in [3.05, 3.63) is 68.3 Å². The van der Waals surface area contributed by atoms with Crippen molar-refractivity contribution in [3.63, 3.8) is 0 Å². The molecule has 2 aromatic heterocycles. The summed E-state index contributed by atoms with van der Waals surface area (Å²) < 4.78 is 5.10. The second kappa shape index (κ2) is 6.75. The molecule has 0 aliphatic rings. The number of carbonyl (C=O) groups is 1. The van der Waals surface area contributed by atoms with Crippen molar-refractivity contribution in [2.24, 2.45) is 0 Å². The molecule has 3 rings (SSSR count). The third kappa shape index (κ3) is 2.81. The number of pyridine rings is 2. The summed E-state index contributed by atoms with van der Waals surface area (Å²) >= 11 is 0. The van der Waals surface area contributed by atoms with Crippen molar-refractivity contribution in [1.29, 1.82) is 0 Å². The van der Waals surface area contributed by atoms with E-state index >= 15 is 0 Å². The van der Waals surface area contributed by atoms with Gasteiger partial charge in [0.15, 0.2) is 0 Å². The number of carbonyl (C=O) groups excluding carboxylic acids is 1. The fourth-order valence-electron chi connectivity index (χ4n) is 2.91. The summed E-state index contributed by atoms with van der Waals surface area (Å²) in [5.41, 5.74) is 0.322. The Kier molecular flexibility index (Phi) is 4.49. The van der Waals surface area contributed by atoms with Gasteiger partial charge in [-0.1, -0.05) is 12.1 Å². The average molecular weight is 353 g/mol. The lowest BCUT2D eigenvalue weighted by molar-refractivity contribution is -0.384. The lowest BCUT2D eigenvalue weighted by atomic mass is 9.94. The summed E-state index contributed by atoms with van der Waals surface area (Å²) in [5, 5.41) is 11.6. The van der Waals surface area contributed by atoms with Gasteiger partial charge in [-0.25, -0.2) is 4.79 Å². The van der Waals surface area contributed by atoms with Gasteiger partial charge in [-0.15, -0.1) is 0 Å². The maximum absolute atomic E-state index is 12.6. The summed E-state index contributed by atoms with van der Waals surface area (Å²) in [7, 11) is 0. The van der Waals surface area contributed by atoms with Crippen molar-refractivity contribution >= 4 is 22.6 Å². The molecule has 26 heavy (non-hydrogen) atoms. The van der Waals surface area contributed by atoms with E-state index in [2.05, 4.69) is 9.97 Å². The number of aromatic nitrogens is 2. The molecule has 1 N–H and O–H groups in total. The smallest absolute Gasteiger partial charge is 0.340 e. The highest BCUT2D eigenvalue weighted by Gasteiger charge is 2.27. The molecule has 0 amide bonds. The van der Waals surface area contributed by atoms with Crippen LogP contribution in [0.1, 0.15) is 23.0 Å². The zero-order valence-corrected chi connectivity index (χ0v) is 14.1. The zero-order valence-electron chi connectivity index (χ0n) is 14.1. The lowest BCUT2D eigenvalue weighted by Crippen LogP contribution is -2.15. The van der Waals surface area contributed by atoms with Gasteiger partial charge in [0.05, 0.1) is 39.3 Å². The Morgan fingerprint density at radius 1 is 1.31 bits per heavy atom. The van der Waals surface area contributed by atoms with Crippen LogP contribution in [0.25, 0.3) is 22.0 Å². The van der Waals surface area contributed by atoms with Crippen LogP contribution < -0.4 is 5.56 Å². The summed E-state index contributed by atoms with van der Waals surface area (Å²) in [4.78, 5) is 42.8. The molecular weight excluding hydrogens is 338 g/mol. The van der Waals surface area contributed by atoms with Crippen LogP contribution in [-0.2, 0) is 4.74 Å². The van der Waals surface area contributed by atoms with E-state index in [0.717, 1.165) is 0 Å².